The van der Waals surface area contributed by atoms with Crippen LogP contribution in [0.3, 0.4) is 0 Å². The fourth-order valence-corrected chi connectivity index (χ4v) is 1.37. The van der Waals surface area contributed by atoms with Gasteiger partial charge < -0.3 is 9.84 Å². The molecule has 0 aromatic heterocycles. The number of carboxylic acid groups (broad SMARTS) is 1. The third-order valence-corrected chi connectivity index (χ3v) is 2.19. The molecule has 0 aliphatic carbocycles. The summed E-state index contributed by atoms with van der Waals surface area (Å²) in [7, 11) is 0. The molecule has 1 aromatic rings. The zero-order valence-corrected chi connectivity index (χ0v) is 9.98. The van der Waals surface area contributed by atoms with Crippen LogP contribution in [0.2, 0.25) is 5.02 Å². The van der Waals surface area contributed by atoms with Crippen molar-refractivity contribution in [1.82, 2.24) is 0 Å². The fourth-order valence-electron chi connectivity index (χ4n) is 1.19. The second-order valence-electron chi connectivity index (χ2n) is 3.28. The zero-order valence-electron chi connectivity index (χ0n) is 9.23. The fraction of sp³-hybridized carbons (Fsp3) is 0.154. The van der Waals surface area contributed by atoms with Gasteiger partial charge in [0.05, 0.1) is 6.61 Å². The average molecular weight is 253 g/mol. The van der Waals surface area contributed by atoms with Gasteiger partial charge in [-0.3, -0.25) is 0 Å². The summed E-state index contributed by atoms with van der Waals surface area (Å²) in [5.41, 5.74) is 0.643. The number of carboxylic acids is 1. The van der Waals surface area contributed by atoms with Gasteiger partial charge in [0, 0.05) is 16.7 Å². The first-order valence-corrected chi connectivity index (χ1v) is 5.45. The molecule has 17 heavy (non-hydrogen) atoms. The lowest BCUT2D eigenvalue weighted by molar-refractivity contribution is -0.131. The molecule has 0 heterocycles. The van der Waals surface area contributed by atoms with Crippen molar-refractivity contribution in [3.05, 3.63) is 47.5 Å². The first-order chi connectivity index (χ1) is 8.13. The summed E-state index contributed by atoms with van der Waals surface area (Å²) in [6.45, 7) is 4.09. The van der Waals surface area contributed by atoms with Crippen LogP contribution in [-0.4, -0.2) is 17.7 Å². The van der Waals surface area contributed by atoms with Crippen LogP contribution in [0.5, 0.6) is 5.75 Å². The van der Waals surface area contributed by atoms with E-state index < -0.39 is 5.97 Å². The first-order valence-electron chi connectivity index (χ1n) is 5.07. The van der Waals surface area contributed by atoms with Gasteiger partial charge in [0.2, 0.25) is 0 Å². The van der Waals surface area contributed by atoms with Gasteiger partial charge >= 0.3 is 5.97 Å². The molecule has 0 bridgehead atoms. The summed E-state index contributed by atoms with van der Waals surface area (Å²) in [4.78, 5) is 10.5. The minimum atomic E-state index is -1.01. The van der Waals surface area contributed by atoms with E-state index in [1.807, 2.05) is 0 Å². The molecular weight excluding hydrogens is 240 g/mol. The highest BCUT2D eigenvalue weighted by atomic mass is 35.5. The number of ether oxygens (including phenoxy) is 1. The minimum absolute atomic E-state index is 0.499. The Labute approximate surface area is 105 Å². The number of halogens is 1. The van der Waals surface area contributed by atoms with E-state index in [1.54, 1.807) is 24.3 Å². The topological polar surface area (TPSA) is 46.5 Å². The summed E-state index contributed by atoms with van der Waals surface area (Å²) in [6, 6.07) is 5.07. The van der Waals surface area contributed by atoms with E-state index in [-0.39, 0.29) is 0 Å². The van der Waals surface area contributed by atoms with Gasteiger partial charge in [0.1, 0.15) is 5.75 Å². The maximum atomic E-state index is 10.5. The van der Waals surface area contributed by atoms with Crippen LogP contribution in [0.15, 0.2) is 36.9 Å². The zero-order chi connectivity index (χ0) is 12.7. The molecule has 0 spiro atoms. The Morgan fingerprint density at radius 2 is 2.29 bits per heavy atom. The van der Waals surface area contributed by atoms with E-state index in [1.165, 1.54) is 6.08 Å². The summed E-state index contributed by atoms with van der Waals surface area (Å²) >= 11 is 5.84. The summed E-state index contributed by atoms with van der Waals surface area (Å²) in [6.07, 6.45) is 4.98. The quantitative estimate of drug-likeness (QED) is 0.480. The first kappa shape index (κ1) is 13.3. The number of benzene rings is 1. The van der Waals surface area contributed by atoms with Crippen LogP contribution in [0.1, 0.15) is 12.0 Å². The van der Waals surface area contributed by atoms with Crippen LogP contribution in [0.4, 0.5) is 0 Å². The molecule has 0 atom stereocenters. The van der Waals surface area contributed by atoms with Gasteiger partial charge in [-0.25, -0.2) is 4.79 Å². The lowest BCUT2D eigenvalue weighted by atomic mass is 10.2. The normalized spacial score (nSPS) is 10.4. The molecule has 4 heteroatoms. The summed E-state index contributed by atoms with van der Waals surface area (Å²) < 4.78 is 5.49. The Morgan fingerprint density at radius 3 is 2.94 bits per heavy atom. The molecule has 0 amide bonds. The van der Waals surface area contributed by atoms with Gasteiger partial charge in [0.15, 0.2) is 0 Å². The van der Waals surface area contributed by atoms with Gasteiger partial charge in [-0.15, -0.1) is 6.58 Å². The van der Waals surface area contributed by atoms with Crippen molar-refractivity contribution in [1.29, 1.82) is 0 Å². The molecule has 1 N–H and O–H groups in total. The van der Waals surface area contributed by atoms with Crippen molar-refractivity contribution >= 4 is 23.6 Å². The smallest absolute Gasteiger partial charge is 0.328 e. The van der Waals surface area contributed by atoms with Crippen molar-refractivity contribution in [2.24, 2.45) is 0 Å². The number of carbonyl (C=O) groups is 1. The predicted octanol–water partition coefficient (Wildman–Crippen LogP) is 3.39. The molecule has 1 rings (SSSR count). The molecule has 0 aliphatic heterocycles. The highest BCUT2D eigenvalue weighted by Gasteiger charge is 2.02. The molecule has 0 fully saturated rings. The lowest BCUT2D eigenvalue weighted by Gasteiger charge is -2.08. The van der Waals surface area contributed by atoms with Crippen molar-refractivity contribution in [3.63, 3.8) is 0 Å². The van der Waals surface area contributed by atoms with Crippen molar-refractivity contribution < 1.29 is 14.6 Å². The van der Waals surface area contributed by atoms with Crippen molar-refractivity contribution in [2.75, 3.05) is 6.61 Å². The molecule has 0 aliphatic rings. The van der Waals surface area contributed by atoms with Crippen LogP contribution in [-0.2, 0) is 4.79 Å². The maximum Gasteiger partial charge on any atom is 0.328 e. The summed E-state index contributed by atoms with van der Waals surface area (Å²) in [5.74, 6) is -0.407. The van der Waals surface area contributed by atoms with Crippen LogP contribution in [0.25, 0.3) is 6.08 Å². The maximum absolute atomic E-state index is 10.5. The van der Waals surface area contributed by atoms with E-state index in [0.29, 0.717) is 22.9 Å². The second-order valence-corrected chi connectivity index (χ2v) is 3.72. The van der Waals surface area contributed by atoms with Gasteiger partial charge in [0.25, 0.3) is 0 Å². The average Bonchev–Trinajstić information content (AvgIpc) is 2.29. The van der Waals surface area contributed by atoms with E-state index >= 15 is 0 Å². The second kappa shape index (κ2) is 6.76. The van der Waals surface area contributed by atoms with Crippen LogP contribution in [0, 0.1) is 0 Å². The minimum Gasteiger partial charge on any atom is -0.493 e. The molecular formula is C13H13ClO3. The van der Waals surface area contributed by atoms with E-state index in [0.717, 1.165) is 12.5 Å². The standard InChI is InChI=1S/C13H13ClO3/c1-2-3-8-17-12-6-5-11(14)9-10(12)4-7-13(15)16/h2,4-7,9H,1,3,8H2,(H,15,16). The van der Waals surface area contributed by atoms with Gasteiger partial charge in [-0.1, -0.05) is 17.7 Å². The van der Waals surface area contributed by atoms with E-state index in [2.05, 4.69) is 6.58 Å². The molecule has 1 aromatic carbocycles. The van der Waals surface area contributed by atoms with Crippen molar-refractivity contribution in [2.45, 2.75) is 6.42 Å². The Balaban J connectivity index is 2.87. The number of aliphatic carboxylic acids is 1. The molecule has 0 saturated heterocycles. The monoisotopic (exact) mass is 252 g/mol. The van der Waals surface area contributed by atoms with Gasteiger partial charge in [-0.2, -0.15) is 0 Å². The molecule has 0 radical (unpaired) electrons. The molecule has 0 saturated carbocycles. The van der Waals surface area contributed by atoms with E-state index in [9.17, 15) is 4.79 Å². The Bertz CT molecular complexity index is 438. The van der Waals surface area contributed by atoms with Gasteiger partial charge in [-0.05, 0) is 30.7 Å². The number of hydrogen-bond donors (Lipinski definition) is 1. The highest BCUT2D eigenvalue weighted by molar-refractivity contribution is 6.30. The summed E-state index contributed by atoms with van der Waals surface area (Å²) in [5, 5.41) is 9.11. The molecule has 90 valence electrons. The molecule has 3 nitrogen and oxygen atoms in total. The lowest BCUT2D eigenvalue weighted by Crippen LogP contribution is -1.97. The predicted molar refractivity (Wildman–Crippen MR) is 68.4 cm³/mol. The number of hydrogen-bond acceptors (Lipinski definition) is 2. The highest BCUT2D eigenvalue weighted by Crippen LogP contribution is 2.24. The van der Waals surface area contributed by atoms with E-state index in [4.69, 9.17) is 21.4 Å². The Hall–Kier alpha value is -1.74. The largest absolute Gasteiger partial charge is 0.493 e. The molecule has 0 unspecified atom stereocenters. The third kappa shape index (κ3) is 4.74. The Morgan fingerprint density at radius 1 is 1.53 bits per heavy atom. The number of rotatable bonds is 6. The SMILES string of the molecule is C=CCCOc1ccc(Cl)cc1C=CC(=O)O. The van der Waals surface area contributed by atoms with Crippen LogP contribution >= 0.6 is 11.6 Å². The van der Waals surface area contributed by atoms with Crippen LogP contribution < -0.4 is 4.74 Å². The Kier molecular flexibility index (Phi) is 5.30. The van der Waals surface area contributed by atoms with Crippen molar-refractivity contribution in [3.8, 4) is 5.75 Å². The third-order valence-electron chi connectivity index (χ3n) is 1.96.